The second-order valence-corrected chi connectivity index (χ2v) is 1.84. The lowest BCUT2D eigenvalue weighted by Crippen LogP contribution is -2.56. The quantitative estimate of drug-likeness (QED) is 0.422. The van der Waals surface area contributed by atoms with Gasteiger partial charge < -0.3 is 10.8 Å². The third-order valence-electron chi connectivity index (χ3n) is 1.19. The molecule has 0 aliphatic carbocycles. The van der Waals surface area contributed by atoms with E-state index in [4.69, 9.17) is 10.8 Å². The molecule has 0 saturated heterocycles. The summed E-state index contributed by atoms with van der Waals surface area (Å²) in [5.74, 6) is -0.0825. The number of rotatable bonds is 1. The summed E-state index contributed by atoms with van der Waals surface area (Å²) in [7, 11) is 0. The Morgan fingerprint density at radius 1 is 1.42 bits per heavy atom. The van der Waals surface area contributed by atoms with Crippen LogP contribution in [0.15, 0.2) is 18.2 Å². The van der Waals surface area contributed by atoms with Crippen molar-refractivity contribution in [1.29, 1.82) is 0 Å². The molecule has 0 heterocycles. The van der Waals surface area contributed by atoms with Crippen LogP contribution in [0.2, 0.25) is 0 Å². The molecule has 4 nitrogen and oxygen atoms in total. The number of hydrogen-bond acceptors (Lipinski definition) is 3. The van der Waals surface area contributed by atoms with Crippen molar-refractivity contribution in [2.45, 2.75) is 13.8 Å². The highest BCUT2D eigenvalue weighted by molar-refractivity contribution is 5.65. The van der Waals surface area contributed by atoms with Gasteiger partial charge in [-0.1, -0.05) is 19.9 Å². The molecule has 0 saturated carbocycles. The number of para-hydroxylation sites is 1. The topological polar surface area (TPSA) is 77.3 Å². The van der Waals surface area contributed by atoms with Crippen molar-refractivity contribution in [3.05, 3.63) is 23.1 Å². The van der Waals surface area contributed by atoms with Crippen LogP contribution < -0.4 is 10.9 Å². The fraction of sp³-hybridized carbons (Fsp3) is 0.250. The molecule has 66 valence electrons. The summed E-state index contributed by atoms with van der Waals surface area (Å²) in [6, 6.07) is 4.43. The molecule has 0 radical (unpaired) electrons. The summed E-state index contributed by atoms with van der Waals surface area (Å²) in [6.07, 6.45) is 0. The highest BCUT2D eigenvalue weighted by Gasteiger charge is 2.07. The van der Waals surface area contributed by atoms with E-state index in [-0.39, 0.29) is 17.1 Å². The molecule has 1 aromatic rings. The van der Waals surface area contributed by atoms with Gasteiger partial charge in [0.15, 0.2) is 5.69 Å². The molecular weight excluding hydrogens is 156 g/mol. The van der Waals surface area contributed by atoms with Gasteiger partial charge in [0.1, 0.15) is 5.75 Å². The maximum atomic E-state index is 10.1. The van der Waals surface area contributed by atoms with Gasteiger partial charge in [-0.3, -0.25) is 0 Å². The molecule has 0 atom stereocenters. The summed E-state index contributed by atoms with van der Waals surface area (Å²) >= 11 is 0. The largest absolute Gasteiger partial charge is 0.506 e. The Labute approximate surface area is 71.0 Å². The van der Waals surface area contributed by atoms with Gasteiger partial charge in [-0.2, -0.15) is 0 Å². The summed E-state index contributed by atoms with van der Waals surface area (Å²) in [4.78, 5) is 10.1. The Kier molecular flexibility index (Phi) is 4.45. The molecular formula is C8H13N2O2+. The Bertz CT molecular complexity index is 261. The predicted molar refractivity (Wildman–Crippen MR) is 47.9 cm³/mol. The van der Waals surface area contributed by atoms with E-state index >= 15 is 0 Å². The van der Waals surface area contributed by atoms with Crippen molar-refractivity contribution in [3.8, 4) is 5.75 Å². The van der Waals surface area contributed by atoms with Gasteiger partial charge in [-0.15, -0.1) is 0 Å². The molecule has 1 aromatic carbocycles. The van der Waals surface area contributed by atoms with Crippen molar-refractivity contribution in [2.24, 2.45) is 0 Å². The Morgan fingerprint density at radius 3 is 2.42 bits per heavy atom. The summed E-state index contributed by atoms with van der Waals surface area (Å²) in [5.41, 5.74) is 5.56. The first-order valence-corrected chi connectivity index (χ1v) is 3.71. The van der Waals surface area contributed by atoms with Crippen LogP contribution >= 0.6 is 0 Å². The van der Waals surface area contributed by atoms with Gasteiger partial charge >= 0.3 is 0 Å². The van der Waals surface area contributed by atoms with Crippen LogP contribution in [0, 0.1) is 4.91 Å². The minimum absolute atomic E-state index is 0.0810. The molecule has 0 unspecified atom stereocenters. The highest BCUT2D eigenvalue weighted by Crippen LogP contribution is 2.23. The smallest absolute Gasteiger partial charge is 0.279 e. The lowest BCUT2D eigenvalue weighted by atomic mass is 10.2. The van der Waals surface area contributed by atoms with Crippen LogP contribution in [0.3, 0.4) is 0 Å². The highest BCUT2D eigenvalue weighted by atomic mass is 16.3. The zero-order valence-electron chi connectivity index (χ0n) is 7.16. The maximum absolute atomic E-state index is 10.1. The first-order valence-electron chi connectivity index (χ1n) is 3.71. The summed E-state index contributed by atoms with van der Waals surface area (Å²) in [5, 5.41) is 10.5. The SMILES string of the molecule is CC.Nc1c(O)cccc1[NH+]=O. The molecule has 4 N–H and O–H groups in total. The van der Waals surface area contributed by atoms with E-state index in [0.717, 1.165) is 0 Å². The zero-order valence-corrected chi connectivity index (χ0v) is 7.16. The van der Waals surface area contributed by atoms with Crippen molar-refractivity contribution in [1.82, 2.24) is 0 Å². The molecule has 0 aliphatic heterocycles. The Morgan fingerprint density at radius 2 is 2.00 bits per heavy atom. The van der Waals surface area contributed by atoms with E-state index in [1.807, 2.05) is 13.8 Å². The molecule has 0 amide bonds. The molecule has 0 aromatic heterocycles. The molecule has 0 aliphatic rings. The number of nitrogens with one attached hydrogen (secondary N) is 1. The van der Waals surface area contributed by atoms with Crippen LogP contribution in [0.1, 0.15) is 13.8 Å². The Hall–Kier alpha value is -1.58. The number of anilines is 1. The third-order valence-corrected chi connectivity index (χ3v) is 1.19. The normalized spacial score (nSPS) is 8.17. The van der Waals surface area contributed by atoms with Crippen LogP contribution in [0.5, 0.6) is 5.75 Å². The van der Waals surface area contributed by atoms with Crippen LogP contribution in [-0.4, -0.2) is 5.11 Å². The van der Waals surface area contributed by atoms with Crippen LogP contribution in [0.4, 0.5) is 11.4 Å². The first kappa shape index (κ1) is 10.4. The average Bonchev–Trinajstić information content (AvgIpc) is 2.13. The van der Waals surface area contributed by atoms with Crippen LogP contribution in [-0.2, 0) is 0 Å². The number of nitroso groups, excluding NO2 is 1. The number of benzene rings is 1. The predicted octanol–water partition coefficient (Wildman–Crippen LogP) is 0.479. The minimum Gasteiger partial charge on any atom is -0.506 e. The van der Waals surface area contributed by atoms with Gasteiger partial charge in [0.2, 0.25) is 0 Å². The monoisotopic (exact) mass is 169 g/mol. The van der Waals surface area contributed by atoms with E-state index in [9.17, 15) is 4.91 Å². The number of aromatic hydroxyl groups is 1. The molecule has 1 rings (SSSR count). The van der Waals surface area contributed by atoms with E-state index < -0.39 is 0 Å². The second-order valence-electron chi connectivity index (χ2n) is 1.84. The van der Waals surface area contributed by atoms with Gasteiger partial charge in [0.05, 0.1) is 0 Å². The van der Waals surface area contributed by atoms with E-state index in [2.05, 4.69) is 0 Å². The van der Waals surface area contributed by atoms with Crippen molar-refractivity contribution in [3.63, 3.8) is 0 Å². The first-order chi connectivity index (χ1) is 5.75. The van der Waals surface area contributed by atoms with Gasteiger partial charge in [-0.05, 0) is 6.07 Å². The van der Waals surface area contributed by atoms with E-state index in [0.29, 0.717) is 0 Å². The third kappa shape index (κ3) is 2.23. The number of nitrogens with two attached hydrogens (primary N) is 1. The molecule has 0 fully saturated rings. The lowest BCUT2D eigenvalue weighted by molar-refractivity contribution is -0.378. The summed E-state index contributed by atoms with van der Waals surface area (Å²) < 4.78 is 0. The number of hydrogen-bond donors (Lipinski definition) is 3. The second kappa shape index (κ2) is 5.12. The molecule has 12 heavy (non-hydrogen) atoms. The van der Waals surface area contributed by atoms with Crippen molar-refractivity contribution >= 4 is 11.4 Å². The molecule has 4 heteroatoms. The fourth-order valence-corrected chi connectivity index (χ4v) is 0.642. The summed E-state index contributed by atoms with van der Waals surface area (Å²) in [6.45, 7) is 4.00. The fourth-order valence-electron chi connectivity index (χ4n) is 0.642. The Balaban J connectivity index is 0.000000561. The van der Waals surface area contributed by atoms with Crippen molar-refractivity contribution in [2.75, 3.05) is 5.73 Å². The average molecular weight is 169 g/mol. The van der Waals surface area contributed by atoms with Gasteiger partial charge in [-0.25, -0.2) is 0 Å². The van der Waals surface area contributed by atoms with Crippen LogP contribution in [0.25, 0.3) is 0 Å². The van der Waals surface area contributed by atoms with Gasteiger partial charge in [0, 0.05) is 16.2 Å². The van der Waals surface area contributed by atoms with Gasteiger partial charge in [0.25, 0.3) is 5.69 Å². The number of phenolic OH excluding ortho intramolecular Hbond substituents is 1. The lowest BCUT2D eigenvalue weighted by Gasteiger charge is -1.93. The standard InChI is InChI=1S/C6H6N2O2.C2H6/c7-6-4(8-10)2-1-3-5(6)9;1-2/h1-3,9H,7H2;1-2H3/p+1. The van der Waals surface area contributed by atoms with E-state index in [1.165, 1.54) is 18.2 Å². The molecule has 0 bridgehead atoms. The number of phenols is 1. The van der Waals surface area contributed by atoms with Crippen molar-refractivity contribution < 1.29 is 10.3 Å². The maximum Gasteiger partial charge on any atom is 0.279 e. The van der Waals surface area contributed by atoms with E-state index in [1.54, 1.807) is 5.18 Å². The molecule has 0 spiro atoms. The minimum atomic E-state index is -0.0825. The zero-order chi connectivity index (χ0) is 9.56. The number of nitrogen functional groups attached to an aromatic ring is 1.